The van der Waals surface area contributed by atoms with Crippen LogP contribution in [0.5, 0.6) is 0 Å². The monoisotopic (exact) mass is 324 g/mol. The molecule has 2 heterocycles. The summed E-state index contributed by atoms with van der Waals surface area (Å²) in [5.41, 5.74) is 2.47. The topological polar surface area (TPSA) is 52.2 Å². The molecule has 0 aliphatic carbocycles. The minimum absolute atomic E-state index is 0.118. The molecule has 0 amide bonds. The number of nitrogens with zero attached hydrogens (tertiary/aromatic N) is 4. The summed E-state index contributed by atoms with van der Waals surface area (Å²) in [5.74, 6) is 1.30. The lowest BCUT2D eigenvalue weighted by Crippen LogP contribution is -2.22. The number of alkyl halides is 1. The first-order valence-corrected chi connectivity index (χ1v) is 7.75. The van der Waals surface area contributed by atoms with E-state index in [2.05, 4.69) is 10.2 Å². The number of hydrogen-bond acceptors (Lipinski definition) is 3. The van der Waals surface area contributed by atoms with Crippen LogP contribution in [0.1, 0.15) is 11.4 Å². The van der Waals surface area contributed by atoms with Gasteiger partial charge >= 0.3 is 0 Å². The van der Waals surface area contributed by atoms with Crippen molar-refractivity contribution in [2.24, 2.45) is 0 Å². The Morgan fingerprint density at radius 3 is 2.70 bits per heavy atom. The summed E-state index contributed by atoms with van der Waals surface area (Å²) >= 11 is 6.00. The predicted molar refractivity (Wildman–Crippen MR) is 90.4 cm³/mol. The van der Waals surface area contributed by atoms with E-state index in [1.165, 1.54) is 0 Å². The fourth-order valence-electron chi connectivity index (χ4n) is 2.85. The van der Waals surface area contributed by atoms with E-state index in [0.717, 1.165) is 16.8 Å². The Morgan fingerprint density at radius 2 is 1.91 bits per heavy atom. The summed E-state index contributed by atoms with van der Waals surface area (Å²) in [6.45, 7) is 1.99. The van der Waals surface area contributed by atoms with Crippen LogP contribution < -0.4 is 5.56 Å². The third-order valence-electron chi connectivity index (χ3n) is 3.87. The SMILES string of the molecule is Cc1cccc(-n2c(=O)c3ccccc3n3c(CCl)nnc23)c1. The molecule has 0 aliphatic heterocycles. The second-order valence-corrected chi connectivity index (χ2v) is 5.65. The molecule has 2 aromatic carbocycles. The lowest BCUT2D eigenvalue weighted by Gasteiger charge is -2.11. The van der Waals surface area contributed by atoms with Gasteiger partial charge in [0.2, 0.25) is 5.78 Å². The van der Waals surface area contributed by atoms with Gasteiger partial charge in [-0.2, -0.15) is 0 Å². The molecule has 23 heavy (non-hydrogen) atoms. The Labute approximate surface area is 136 Å². The van der Waals surface area contributed by atoms with Crippen molar-refractivity contribution in [3.8, 4) is 5.69 Å². The summed E-state index contributed by atoms with van der Waals surface area (Å²) in [6.07, 6.45) is 0. The number of rotatable bonds is 2. The largest absolute Gasteiger partial charge is 0.268 e. The van der Waals surface area contributed by atoms with Crippen LogP contribution >= 0.6 is 11.6 Å². The summed E-state index contributed by atoms with van der Waals surface area (Å²) in [7, 11) is 0. The van der Waals surface area contributed by atoms with Gasteiger partial charge in [-0.15, -0.1) is 21.8 Å². The first-order valence-electron chi connectivity index (χ1n) is 7.21. The molecule has 0 spiro atoms. The van der Waals surface area contributed by atoms with E-state index in [4.69, 9.17) is 11.6 Å². The van der Waals surface area contributed by atoms with E-state index in [1.54, 1.807) is 10.6 Å². The molecule has 6 heteroatoms. The fourth-order valence-corrected chi connectivity index (χ4v) is 3.02. The van der Waals surface area contributed by atoms with E-state index in [-0.39, 0.29) is 11.4 Å². The molecule has 0 bridgehead atoms. The van der Waals surface area contributed by atoms with Gasteiger partial charge in [-0.05, 0) is 36.8 Å². The van der Waals surface area contributed by atoms with Crippen LogP contribution in [-0.4, -0.2) is 19.2 Å². The summed E-state index contributed by atoms with van der Waals surface area (Å²) in [4.78, 5) is 13.0. The van der Waals surface area contributed by atoms with Crippen LogP contribution in [0.2, 0.25) is 0 Å². The number of aromatic nitrogens is 4. The van der Waals surface area contributed by atoms with Gasteiger partial charge in [-0.1, -0.05) is 24.3 Å². The number of benzene rings is 2. The fraction of sp³-hybridized carbons (Fsp3) is 0.118. The van der Waals surface area contributed by atoms with Gasteiger partial charge in [0, 0.05) is 0 Å². The summed E-state index contributed by atoms with van der Waals surface area (Å²) < 4.78 is 3.42. The molecule has 0 saturated carbocycles. The van der Waals surface area contributed by atoms with Crippen LogP contribution in [0.15, 0.2) is 53.3 Å². The summed E-state index contributed by atoms with van der Waals surface area (Å²) in [6, 6.07) is 15.2. The van der Waals surface area contributed by atoms with Crippen LogP contribution in [0.4, 0.5) is 0 Å². The summed E-state index contributed by atoms with van der Waals surface area (Å²) in [5, 5.41) is 8.94. The molecule has 114 valence electrons. The smallest absolute Gasteiger partial charge is 0.267 e. The highest BCUT2D eigenvalue weighted by Crippen LogP contribution is 2.18. The minimum atomic E-state index is -0.118. The van der Waals surface area contributed by atoms with Crippen molar-refractivity contribution in [2.75, 3.05) is 0 Å². The van der Waals surface area contributed by atoms with Gasteiger partial charge in [-0.3, -0.25) is 9.20 Å². The molecule has 0 radical (unpaired) electrons. The van der Waals surface area contributed by atoms with Crippen molar-refractivity contribution in [1.82, 2.24) is 19.2 Å². The zero-order valence-electron chi connectivity index (χ0n) is 12.4. The maximum atomic E-state index is 13.0. The number of fused-ring (bicyclic) bond motifs is 3. The number of hydrogen-bond donors (Lipinski definition) is 0. The quantitative estimate of drug-likeness (QED) is 0.532. The number of para-hydroxylation sites is 1. The maximum absolute atomic E-state index is 13.0. The average Bonchev–Trinajstić information content (AvgIpc) is 2.99. The Bertz CT molecular complexity index is 1100. The molecule has 0 atom stereocenters. The van der Waals surface area contributed by atoms with Gasteiger partial charge in [0.25, 0.3) is 5.56 Å². The predicted octanol–water partition coefficient (Wildman–Crippen LogP) is 3.08. The van der Waals surface area contributed by atoms with E-state index in [1.807, 2.05) is 53.8 Å². The van der Waals surface area contributed by atoms with E-state index in [0.29, 0.717) is 17.0 Å². The first kappa shape index (κ1) is 14.0. The lowest BCUT2D eigenvalue weighted by atomic mass is 10.2. The van der Waals surface area contributed by atoms with Crippen molar-refractivity contribution in [3.05, 3.63) is 70.3 Å². The third-order valence-corrected chi connectivity index (χ3v) is 4.11. The Kier molecular flexibility index (Phi) is 3.16. The van der Waals surface area contributed by atoms with Crippen molar-refractivity contribution >= 4 is 28.3 Å². The van der Waals surface area contributed by atoms with Crippen molar-refractivity contribution in [3.63, 3.8) is 0 Å². The third kappa shape index (κ3) is 2.04. The highest BCUT2D eigenvalue weighted by molar-refractivity contribution is 6.16. The number of aryl methyl sites for hydroxylation is 1. The molecule has 2 aromatic heterocycles. The van der Waals surface area contributed by atoms with Gasteiger partial charge in [-0.25, -0.2) is 4.57 Å². The van der Waals surface area contributed by atoms with E-state index >= 15 is 0 Å². The Balaban J connectivity index is 2.25. The molecular formula is C17H13ClN4O. The molecular weight excluding hydrogens is 312 g/mol. The van der Waals surface area contributed by atoms with E-state index in [9.17, 15) is 4.79 Å². The van der Waals surface area contributed by atoms with Crippen molar-refractivity contribution in [2.45, 2.75) is 12.8 Å². The molecule has 0 N–H and O–H groups in total. The lowest BCUT2D eigenvalue weighted by molar-refractivity contribution is 0.962. The molecule has 0 saturated heterocycles. The van der Waals surface area contributed by atoms with Crippen molar-refractivity contribution < 1.29 is 0 Å². The van der Waals surface area contributed by atoms with Gasteiger partial charge in [0.1, 0.15) is 0 Å². The van der Waals surface area contributed by atoms with E-state index < -0.39 is 0 Å². The van der Waals surface area contributed by atoms with Crippen LogP contribution in [0, 0.1) is 6.92 Å². The van der Waals surface area contributed by atoms with Gasteiger partial charge in [0.05, 0.1) is 22.5 Å². The van der Waals surface area contributed by atoms with Gasteiger partial charge in [0.15, 0.2) is 5.82 Å². The van der Waals surface area contributed by atoms with Gasteiger partial charge < -0.3 is 0 Å². The molecule has 0 unspecified atom stereocenters. The second kappa shape index (κ2) is 5.21. The standard InChI is InChI=1S/C17H13ClN4O/c1-11-5-4-6-12(9-11)21-16(23)13-7-2-3-8-14(13)22-15(10-18)19-20-17(21)22/h2-9H,10H2,1H3. The molecule has 4 aromatic rings. The maximum Gasteiger partial charge on any atom is 0.267 e. The normalized spacial score (nSPS) is 11.4. The highest BCUT2D eigenvalue weighted by Gasteiger charge is 2.16. The highest BCUT2D eigenvalue weighted by atomic mass is 35.5. The molecule has 0 fully saturated rings. The van der Waals surface area contributed by atoms with Crippen molar-refractivity contribution in [1.29, 1.82) is 0 Å². The number of halogens is 1. The molecule has 0 aliphatic rings. The zero-order valence-corrected chi connectivity index (χ0v) is 13.2. The Hall–Kier alpha value is -2.66. The minimum Gasteiger partial charge on any atom is -0.268 e. The van der Waals surface area contributed by atoms with Crippen LogP contribution in [0.25, 0.3) is 22.4 Å². The van der Waals surface area contributed by atoms with Crippen LogP contribution in [0.3, 0.4) is 0 Å². The molecule has 4 rings (SSSR count). The van der Waals surface area contributed by atoms with Crippen LogP contribution in [-0.2, 0) is 5.88 Å². The zero-order chi connectivity index (χ0) is 16.0. The first-order chi connectivity index (χ1) is 11.2. The molecule has 5 nitrogen and oxygen atoms in total. The average molecular weight is 325 g/mol. The second-order valence-electron chi connectivity index (χ2n) is 5.38. The Morgan fingerprint density at radius 1 is 1.09 bits per heavy atom.